The van der Waals surface area contributed by atoms with Crippen molar-refractivity contribution in [2.45, 2.75) is 20.3 Å². The monoisotopic (exact) mass is 619 g/mol. The van der Waals surface area contributed by atoms with E-state index in [2.05, 4.69) is 15.3 Å². The molecule has 12 heteroatoms. The summed E-state index contributed by atoms with van der Waals surface area (Å²) in [6.07, 6.45) is 11.8. The van der Waals surface area contributed by atoms with Gasteiger partial charge in [0.2, 0.25) is 17.7 Å². The number of benzene rings is 2. The van der Waals surface area contributed by atoms with Gasteiger partial charge in [-0.15, -0.1) is 0 Å². The lowest BCUT2D eigenvalue weighted by Crippen LogP contribution is -2.49. The van der Waals surface area contributed by atoms with E-state index in [0.717, 1.165) is 39.2 Å². The first-order valence-electron chi connectivity index (χ1n) is 13.4. The highest BCUT2D eigenvalue weighted by molar-refractivity contribution is 6.30. The van der Waals surface area contributed by atoms with E-state index in [0.29, 0.717) is 0 Å². The molecular formula is C34H29N5O7. The fraction of sp³-hybridized carbons (Fsp3) is 0.0882. The van der Waals surface area contributed by atoms with Gasteiger partial charge in [0.1, 0.15) is 12.7 Å². The van der Waals surface area contributed by atoms with Gasteiger partial charge in [-0.3, -0.25) is 54.7 Å². The van der Waals surface area contributed by atoms with Crippen molar-refractivity contribution in [1.29, 1.82) is 0 Å². The molecule has 2 aromatic carbocycles. The lowest BCUT2D eigenvalue weighted by Gasteiger charge is -2.11. The third kappa shape index (κ3) is 9.28. The van der Waals surface area contributed by atoms with Crippen LogP contribution < -0.4 is 16.0 Å². The average molecular weight is 620 g/mol. The molecule has 0 radical (unpaired) electrons. The molecule has 2 fully saturated rings. The van der Waals surface area contributed by atoms with Gasteiger partial charge in [0, 0.05) is 23.2 Å². The predicted octanol–water partition coefficient (Wildman–Crippen LogP) is 3.62. The van der Waals surface area contributed by atoms with Crippen LogP contribution in [0.4, 0.5) is 4.79 Å². The highest BCUT2D eigenvalue weighted by atomic mass is 16.2. The van der Waals surface area contributed by atoms with Crippen molar-refractivity contribution < 1.29 is 33.6 Å². The molecule has 0 bridgehead atoms. The summed E-state index contributed by atoms with van der Waals surface area (Å²) in [5.41, 5.74) is 3.76. The van der Waals surface area contributed by atoms with E-state index in [-0.39, 0.29) is 25.8 Å². The Morgan fingerprint density at radius 1 is 0.609 bits per heavy atom. The largest absolute Gasteiger partial charge is 0.328 e. The van der Waals surface area contributed by atoms with Crippen LogP contribution in [0.5, 0.6) is 0 Å². The summed E-state index contributed by atoms with van der Waals surface area (Å²) in [4.78, 5) is 83.9. The number of aldehydes is 1. The van der Waals surface area contributed by atoms with Gasteiger partial charge in [-0.25, -0.2) is 4.79 Å². The number of amides is 6. The predicted molar refractivity (Wildman–Crippen MR) is 172 cm³/mol. The van der Waals surface area contributed by atoms with Gasteiger partial charge in [0.15, 0.2) is 5.78 Å². The van der Waals surface area contributed by atoms with Crippen molar-refractivity contribution in [1.82, 2.24) is 25.9 Å². The number of allylic oxidation sites excluding steroid dienone is 3. The molecule has 2 aliphatic heterocycles. The molecule has 2 saturated heterocycles. The number of urea groups is 1. The number of carbonyl (C=O) groups is 7. The van der Waals surface area contributed by atoms with E-state index in [9.17, 15) is 33.6 Å². The number of carbonyl (C=O) groups excluding carboxylic acids is 7. The molecule has 12 nitrogen and oxygen atoms in total. The van der Waals surface area contributed by atoms with E-state index >= 15 is 0 Å². The molecule has 6 rings (SSSR count). The van der Waals surface area contributed by atoms with Gasteiger partial charge in [0.25, 0.3) is 5.91 Å². The second kappa shape index (κ2) is 16.4. The number of hydrogen-bond donors (Lipinski definition) is 3. The topological polar surface area (TPSA) is 181 Å². The zero-order valence-electron chi connectivity index (χ0n) is 23.6. The van der Waals surface area contributed by atoms with Gasteiger partial charge >= 0.3 is 6.03 Å². The molecule has 0 atom stereocenters. The first kappa shape index (κ1) is 34.1. The smallest absolute Gasteiger partial charge is 0.299 e. The van der Waals surface area contributed by atoms with Crippen molar-refractivity contribution in [2.75, 3.05) is 0 Å². The number of hydrogen-bond acceptors (Lipinski definition) is 9. The number of pyridine rings is 2. The van der Waals surface area contributed by atoms with Crippen molar-refractivity contribution in [2.24, 2.45) is 0 Å². The number of ketones is 1. The van der Waals surface area contributed by atoms with Gasteiger partial charge in [0.05, 0.1) is 23.0 Å². The Kier molecular flexibility index (Phi) is 12.2. The lowest BCUT2D eigenvalue weighted by atomic mass is 10.0. The molecule has 6 amide bonds. The van der Waals surface area contributed by atoms with E-state index in [4.69, 9.17) is 0 Å². The molecule has 4 heterocycles. The summed E-state index contributed by atoms with van der Waals surface area (Å²) in [5.74, 6) is -2.77. The van der Waals surface area contributed by atoms with Crippen LogP contribution in [0.1, 0.15) is 31.4 Å². The highest BCUT2D eigenvalue weighted by Crippen LogP contribution is 2.18. The second-order valence-corrected chi connectivity index (χ2v) is 9.35. The van der Waals surface area contributed by atoms with Crippen LogP contribution in [-0.4, -0.2) is 51.7 Å². The molecule has 2 aliphatic rings. The SMILES string of the molecule is C.O=C/C=C/c1ccnc2ccccc12.O=C1CC(=O)/C(=C/C=C/c2ccnc3ccccc23)C(=O)N1.O=C1CC(=O)NC(=O)N1. The maximum absolute atomic E-state index is 11.7. The first-order chi connectivity index (χ1) is 21.7. The Morgan fingerprint density at radius 3 is 1.61 bits per heavy atom. The fourth-order valence-electron chi connectivity index (χ4n) is 4.21. The number of fused-ring (bicyclic) bond motifs is 2. The minimum Gasteiger partial charge on any atom is -0.299 e. The third-order valence-corrected chi connectivity index (χ3v) is 6.20. The zero-order valence-corrected chi connectivity index (χ0v) is 23.6. The number of rotatable bonds is 4. The van der Waals surface area contributed by atoms with Gasteiger partial charge < -0.3 is 0 Å². The number of aromatic nitrogens is 2. The first-order valence-corrected chi connectivity index (χ1v) is 13.4. The van der Waals surface area contributed by atoms with Crippen LogP contribution in [0, 0.1) is 0 Å². The molecule has 46 heavy (non-hydrogen) atoms. The minimum absolute atomic E-state index is 0. The van der Waals surface area contributed by atoms with Gasteiger partial charge in [-0.2, -0.15) is 0 Å². The third-order valence-electron chi connectivity index (χ3n) is 6.20. The molecule has 0 saturated carbocycles. The van der Waals surface area contributed by atoms with Crippen molar-refractivity contribution in [3.05, 3.63) is 108 Å². The van der Waals surface area contributed by atoms with Crippen LogP contribution in [0.15, 0.2) is 96.9 Å². The van der Waals surface area contributed by atoms with E-state index in [1.807, 2.05) is 71.3 Å². The lowest BCUT2D eigenvalue weighted by molar-refractivity contribution is -0.135. The summed E-state index contributed by atoms with van der Waals surface area (Å²) in [7, 11) is 0. The molecule has 0 aliphatic carbocycles. The van der Waals surface area contributed by atoms with Crippen molar-refractivity contribution in [3.63, 3.8) is 0 Å². The number of Topliss-reactive ketones (excluding diaryl/α,β-unsaturated/α-hetero) is 1. The standard InChI is InChI=1S/C17H12N2O3.C12H9NO.C4H4N2O3.CH4/c20-15-10-16(21)19-17(22)13(15)6-3-4-11-8-9-18-14-7-2-1-5-12(11)14;14-9-3-4-10-7-8-13-12-6-2-1-5-11(10)12;7-2-1-3(8)6-4(9)5-2;/h1-9H,10H2,(H,19,21,22);1-9H;1H2,(H2,5,6,7,8,9);1H4/b4-3+,13-6-;4-3+;;. The normalized spacial score (nSPS) is 15.3. The molecule has 0 unspecified atom stereocenters. The van der Waals surface area contributed by atoms with Crippen molar-refractivity contribution in [3.8, 4) is 0 Å². The summed E-state index contributed by atoms with van der Waals surface area (Å²) >= 11 is 0. The molecular weight excluding hydrogens is 590 g/mol. The zero-order chi connectivity index (χ0) is 32.2. The van der Waals surface area contributed by atoms with Crippen LogP contribution in [0.3, 0.4) is 0 Å². The van der Waals surface area contributed by atoms with Gasteiger partial charge in [-0.1, -0.05) is 62.1 Å². The Hall–Kier alpha value is -6.43. The molecule has 4 aromatic rings. The number of nitrogens with one attached hydrogen (secondary N) is 3. The van der Waals surface area contributed by atoms with Crippen molar-refractivity contribution >= 4 is 75.7 Å². The number of barbiturate groups is 1. The highest BCUT2D eigenvalue weighted by Gasteiger charge is 2.27. The number of imide groups is 3. The maximum Gasteiger partial charge on any atom is 0.328 e. The Balaban J connectivity index is 0.000000205. The summed E-state index contributed by atoms with van der Waals surface area (Å²) in [6.45, 7) is 0. The van der Waals surface area contributed by atoms with Crippen LogP contribution >= 0.6 is 0 Å². The number of nitrogens with zero attached hydrogens (tertiary/aromatic N) is 2. The Labute approximate surface area is 263 Å². The number of para-hydroxylation sites is 2. The second-order valence-electron chi connectivity index (χ2n) is 9.35. The average Bonchev–Trinajstić information content (AvgIpc) is 3.01. The molecule has 2 aromatic heterocycles. The Morgan fingerprint density at radius 2 is 1.11 bits per heavy atom. The summed E-state index contributed by atoms with van der Waals surface area (Å²) in [6, 6.07) is 18.5. The molecule has 0 spiro atoms. The van der Waals surface area contributed by atoms with Crippen LogP contribution in [-0.2, 0) is 28.8 Å². The Bertz CT molecular complexity index is 1850. The van der Waals surface area contributed by atoms with Crippen LogP contribution in [0.2, 0.25) is 0 Å². The summed E-state index contributed by atoms with van der Waals surface area (Å²) in [5, 5.41) is 7.97. The maximum atomic E-state index is 11.7. The molecule has 3 N–H and O–H groups in total. The van der Waals surface area contributed by atoms with Gasteiger partial charge in [-0.05, 0) is 47.5 Å². The van der Waals surface area contributed by atoms with Crippen LogP contribution in [0.25, 0.3) is 34.0 Å². The summed E-state index contributed by atoms with van der Waals surface area (Å²) < 4.78 is 0. The minimum atomic E-state index is -0.740. The fourth-order valence-corrected chi connectivity index (χ4v) is 4.21. The number of piperidine rings is 1. The quantitative estimate of drug-likeness (QED) is 0.101. The molecule has 232 valence electrons. The van der Waals surface area contributed by atoms with E-state index in [1.165, 1.54) is 12.2 Å². The van der Waals surface area contributed by atoms with E-state index in [1.54, 1.807) is 30.6 Å². The van der Waals surface area contributed by atoms with E-state index < -0.39 is 35.4 Å².